The highest BCUT2D eigenvalue weighted by molar-refractivity contribution is 5.77. The molecular weight excluding hydrogens is 180 g/mol. The fourth-order valence-electron chi connectivity index (χ4n) is 1.39. The second-order valence-electron chi connectivity index (χ2n) is 3.08. The van der Waals surface area contributed by atoms with Gasteiger partial charge in [-0.25, -0.2) is 0 Å². The first-order valence-electron chi connectivity index (χ1n) is 4.55. The third-order valence-electron chi connectivity index (χ3n) is 2.19. The number of rotatable bonds is 3. The molecular formula is C11H14O3. The first-order chi connectivity index (χ1) is 6.69. The summed E-state index contributed by atoms with van der Waals surface area (Å²) < 4.78 is 4.69. The number of carbonyl (C=O) groups is 1. The molecule has 1 aromatic carbocycles. The van der Waals surface area contributed by atoms with Gasteiger partial charge in [0.15, 0.2) is 0 Å². The molecule has 0 radical (unpaired) electrons. The number of hydrogen-bond donors (Lipinski definition) is 1. The fraction of sp³-hybridized carbons (Fsp3) is 0.364. The van der Waals surface area contributed by atoms with E-state index in [-0.39, 0.29) is 17.6 Å². The highest BCUT2D eigenvalue weighted by Crippen LogP contribution is 2.22. The highest BCUT2D eigenvalue weighted by Gasteiger charge is 2.18. The molecule has 0 aliphatic carbocycles. The van der Waals surface area contributed by atoms with Gasteiger partial charge >= 0.3 is 5.97 Å². The Hall–Kier alpha value is -1.51. The summed E-state index contributed by atoms with van der Waals surface area (Å²) in [5, 5.41) is 9.09. The van der Waals surface area contributed by atoms with E-state index >= 15 is 0 Å². The van der Waals surface area contributed by atoms with Crippen molar-refractivity contribution in [2.75, 3.05) is 7.11 Å². The quantitative estimate of drug-likeness (QED) is 0.749. The number of methoxy groups -OCH3 is 1. The number of phenols is 1. The molecule has 0 heterocycles. The number of aromatic hydroxyl groups is 1. The van der Waals surface area contributed by atoms with Gasteiger partial charge in [-0.05, 0) is 24.1 Å². The SMILES string of the molecule is CCC(C(=O)OC)c1ccc(O)cc1. The molecule has 14 heavy (non-hydrogen) atoms. The molecule has 1 atom stereocenters. The lowest BCUT2D eigenvalue weighted by Gasteiger charge is -2.12. The van der Waals surface area contributed by atoms with Crippen LogP contribution in [-0.4, -0.2) is 18.2 Å². The predicted octanol–water partition coefficient (Wildman–Crippen LogP) is 2.06. The summed E-state index contributed by atoms with van der Waals surface area (Å²) in [6, 6.07) is 6.61. The molecule has 1 N–H and O–H groups in total. The van der Waals surface area contributed by atoms with Crippen molar-refractivity contribution in [3.63, 3.8) is 0 Å². The molecule has 0 aliphatic rings. The van der Waals surface area contributed by atoms with Crippen molar-refractivity contribution in [2.45, 2.75) is 19.3 Å². The van der Waals surface area contributed by atoms with Crippen LogP contribution in [0.3, 0.4) is 0 Å². The average Bonchev–Trinajstić information content (AvgIpc) is 2.21. The molecule has 3 heteroatoms. The summed E-state index contributed by atoms with van der Waals surface area (Å²) in [4.78, 5) is 11.3. The molecule has 1 aromatic rings. The van der Waals surface area contributed by atoms with Crippen molar-refractivity contribution >= 4 is 5.97 Å². The third-order valence-corrected chi connectivity index (χ3v) is 2.19. The lowest BCUT2D eigenvalue weighted by molar-refractivity contribution is -0.142. The van der Waals surface area contributed by atoms with Crippen molar-refractivity contribution in [1.82, 2.24) is 0 Å². The summed E-state index contributed by atoms with van der Waals surface area (Å²) in [6.45, 7) is 1.93. The summed E-state index contributed by atoms with van der Waals surface area (Å²) >= 11 is 0. The summed E-state index contributed by atoms with van der Waals surface area (Å²) in [6.07, 6.45) is 0.692. The van der Waals surface area contributed by atoms with E-state index in [0.29, 0.717) is 6.42 Å². The normalized spacial score (nSPS) is 12.1. The van der Waals surface area contributed by atoms with Gasteiger partial charge in [-0.15, -0.1) is 0 Å². The zero-order valence-electron chi connectivity index (χ0n) is 8.36. The smallest absolute Gasteiger partial charge is 0.313 e. The van der Waals surface area contributed by atoms with E-state index in [1.165, 1.54) is 7.11 Å². The van der Waals surface area contributed by atoms with E-state index in [0.717, 1.165) is 5.56 Å². The number of benzene rings is 1. The lowest BCUT2D eigenvalue weighted by Crippen LogP contribution is -2.13. The Balaban J connectivity index is 2.89. The van der Waals surface area contributed by atoms with Gasteiger partial charge in [0, 0.05) is 0 Å². The highest BCUT2D eigenvalue weighted by atomic mass is 16.5. The maximum Gasteiger partial charge on any atom is 0.313 e. The topological polar surface area (TPSA) is 46.5 Å². The molecule has 0 amide bonds. The Labute approximate surface area is 83.3 Å². The monoisotopic (exact) mass is 194 g/mol. The van der Waals surface area contributed by atoms with Crippen molar-refractivity contribution in [3.8, 4) is 5.75 Å². The molecule has 1 rings (SSSR count). The molecule has 1 unspecified atom stereocenters. The van der Waals surface area contributed by atoms with Gasteiger partial charge < -0.3 is 9.84 Å². The zero-order valence-corrected chi connectivity index (χ0v) is 8.36. The standard InChI is InChI=1S/C11H14O3/c1-3-10(11(13)14-2)8-4-6-9(12)7-5-8/h4-7,10,12H,3H2,1-2H3. The molecule has 0 aromatic heterocycles. The second kappa shape index (κ2) is 4.65. The maximum atomic E-state index is 11.3. The minimum absolute atomic E-state index is 0.202. The summed E-state index contributed by atoms with van der Waals surface area (Å²) in [5.74, 6) is -0.271. The molecule has 0 saturated carbocycles. The van der Waals surface area contributed by atoms with Crippen LogP contribution in [0.5, 0.6) is 5.75 Å². The molecule has 76 valence electrons. The Morgan fingerprint density at radius 2 is 2.00 bits per heavy atom. The van der Waals surface area contributed by atoms with Gasteiger partial charge in [-0.1, -0.05) is 19.1 Å². The van der Waals surface area contributed by atoms with Crippen molar-refractivity contribution in [3.05, 3.63) is 29.8 Å². The fourth-order valence-corrected chi connectivity index (χ4v) is 1.39. The Kier molecular flexibility index (Phi) is 3.51. The van der Waals surface area contributed by atoms with Crippen LogP contribution >= 0.6 is 0 Å². The molecule has 0 bridgehead atoms. The van der Waals surface area contributed by atoms with Gasteiger partial charge in [0.1, 0.15) is 5.75 Å². The second-order valence-corrected chi connectivity index (χ2v) is 3.08. The maximum absolute atomic E-state index is 11.3. The van der Waals surface area contributed by atoms with Crippen LogP contribution in [-0.2, 0) is 9.53 Å². The van der Waals surface area contributed by atoms with Gasteiger partial charge in [0.2, 0.25) is 0 Å². The number of esters is 1. The van der Waals surface area contributed by atoms with Gasteiger partial charge in [0.25, 0.3) is 0 Å². The van der Waals surface area contributed by atoms with E-state index < -0.39 is 0 Å². The largest absolute Gasteiger partial charge is 0.508 e. The molecule has 0 saturated heterocycles. The molecule has 0 aliphatic heterocycles. The number of hydrogen-bond acceptors (Lipinski definition) is 3. The molecule has 0 fully saturated rings. The number of ether oxygens (including phenoxy) is 1. The first-order valence-corrected chi connectivity index (χ1v) is 4.55. The van der Waals surface area contributed by atoms with E-state index in [9.17, 15) is 4.79 Å². The predicted molar refractivity (Wildman–Crippen MR) is 53.2 cm³/mol. The van der Waals surface area contributed by atoms with Gasteiger partial charge in [0.05, 0.1) is 13.0 Å². The van der Waals surface area contributed by atoms with E-state index in [4.69, 9.17) is 5.11 Å². The van der Waals surface area contributed by atoms with Crippen LogP contribution in [0.1, 0.15) is 24.8 Å². The van der Waals surface area contributed by atoms with Crippen LogP contribution < -0.4 is 0 Å². The third kappa shape index (κ3) is 2.25. The Bertz CT molecular complexity index is 303. The van der Waals surface area contributed by atoms with Crippen LogP contribution in [0.4, 0.5) is 0 Å². The van der Waals surface area contributed by atoms with Crippen molar-refractivity contribution < 1.29 is 14.6 Å². The minimum atomic E-state index is -0.238. The van der Waals surface area contributed by atoms with E-state index in [2.05, 4.69) is 4.74 Å². The number of carbonyl (C=O) groups excluding carboxylic acids is 1. The van der Waals surface area contributed by atoms with E-state index in [1.807, 2.05) is 6.92 Å². The van der Waals surface area contributed by atoms with E-state index in [1.54, 1.807) is 24.3 Å². The molecule has 3 nitrogen and oxygen atoms in total. The first kappa shape index (κ1) is 10.6. The van der Waals surface area contributed by atoms with Crippen LogP contribution in [0.25, 0.3) is 0 Å². The van der Waals surface area contributed by atoms with Crippen LogP contribution in [0.15, 0.2) is 24.3 Å². The lowest BCUT2D eigenvalue weighted by atomic mass is 9.97. The van der Waals surface area contributed by atoms with Gasteiger partial charge in [-0.3, -0.25) is 4.79 Å². The van der Waals surface area contributed by atoms with Crippen LogP contribution in [0, 0.1) is 0 Å². The Morgan fingerprint density at radius 1 is 1.43 bits per heavy atom. The summed E-state index contributed by atoms with van der Waals surface area (Å²) in [5.41, 5.74) is 0.872. The van der Waals surface area contributed by atoms with Crippen molar-refractivity contribution in [1.29, 1.82) is 0 Å². The Morgan fingerprint density at radius 3 is 2.43 bits per heavy atom. The zero-order chi connectivity index (χ0) is 10.6. The van der Waals surface area contributed by atoms with Crippen molar-refractivity contribution in [2.24, 2.45) is 0 Å². The van der Waals surface area contributed by atoms with Gasteiger partial charge in [-0.2, -0.15) is 0 Å². The number of phenolic OH excluding ortho intramolecular Hbond substituents is 1. The van der Waals surface area contributed by atoms with Crippen LogP contribution in [0.2, 0.25) is 0 Å². The minimum Gasteiger partial charge on any atom is -0.508 e. The molecule has 0 spiro atoms. The average molecular weight is 194 g/mol. The summed E-state index contributed by atoms with van der Waals surface area (Å²) in [7, 11) is 1.38.